The molecule has 1 fully saturated rings. The lowest BCUT2D eigenvalue weighted by Gasteiger charge is -2.35. The first-order valence-electron chi connectivity index (χ1n) is 10.8. The van der Waals surface area contributed by atoms with E-state index < -0.39 is 0 Å². The Morgan fingerprint density at radius 2 is 1.87 bits per heavy atom. The van der Waals surface area contributed by atoms with E-state index in [1.165, 1.54) is 6.42 Å². The third kappa shape index (κ3) is 4.49. The van der Waals surface area contributed by atoms with Gasteiger partial charge in [-0.15, -0.1) is 0 Å². The summed E-state index contributed by atoms with van der Waals surface area (Å²) in [4.78, 5) is 20.2. The first kappa shape index (κ1) is 21.1. The lowest BCUT2D eigenvalue weighted by atomic mass is 9.94. The van der Waals surface area contributed by atoms with Crippen molar-refractivity contribution in [2.45, 2.75) is 38.8 Å². The Bertz CT molecular complexity index is 1070. The minimum absolute atomic E-state index is 0.0522. The van der Waals surface area contributed by atoms with Crippen molar-refractivity contribution in [3.05, 3.63) is 87.6 Å². The summed E-state index contributed by atoms with van der Waals surface area (Å²) in [6.07, 6.45) is 6.85. The van der Waals surface area contributed by atoms with Crippen LogP contribution in [0.5, 0.6) is 11.5 Å². The van der Waals surface area contributed by atoms with Gasteiger partial charge >= 0.3 is 0 Å². The number of ether oxygens (including phenoxy) is 1. The zero-order valence-corrected chi connectivity index (χ0v) is 18.1. The highest BCUT2D eigenvalue weighted by atomic mass is 16.5. The van der Waals surface area contributed by atoms with Crippen molar-refractivity contribution in [2.75, 3.05) is 20.2 Å². The number of hydrogen-bond acceptors (Lipinski definition) is 5. The molecule has 0 saturated carbocycles. The van der Waals surface area contributed by atoms with Crippen molar-refractivity contribution < 1.29 is 9.84 Å². The van der Waals surface area contributed by atoms with Gasteiger partial charge in [-0.2, -0.15) is 0 Å². The molecule has 0 aliphatic carbocycles. The Morgan fingerprint density at radius 1 is 1.13 bits per heavy atom. The fourth-order valence-corrected chi connectivity index (χ4v) is 4.42. The molecule has 1 saturated heterocycles. The monoisotopic (exact) mass is 419 g/mol. The lowest BCUT2D eigenvalue weighted by Crippen LogP contribution is -2.38. The Balaban J connectivity index is 1.83. The summed E-state index contributed by atoms with van der Waals surface area (Å²) in [5.41, 5.74) is 2.92. The van der Waals surface area contributed by atoms with E-state index in [0.717, 1.165) is 48.5 Å². The summed E-state index contributed by atoms with van der Waals surface area (Å²) in [5.74, 6) is 0.819. The van der Waals surface area contributed by atoms with Gasteiger partial charge in [0.05, 0.1) is 25.3 Å². The molecule has 1 aliphatic heterocycles. The number of piperidine rings is 1. The summed E-state index contributed by atoms with van der Waals surface area (Å²) in [6.45, 7) is 4.06. The third-order valence-electron chi connectivity index (χ3n) is 6.05. The summed E-state index contributed by atoms with van der Waals surface area (Å²) < 4.78 is 7.04. The van der Waals surface area contributed by atoms with Gasteiger partial charge in [-0.05, 0) is 68.2 Å². The number of rotatable bonds is 6. The Hall–Kier alpha value is -3.12. The number of methoxy groups -OCH3 is 1. The SMILES string of the molecule is COc1ccc(C(c2c(O)cc(C)n(Cc3cccnc3)c2=O)N2CCCCC2)cc1. The molecular formula is C25H29N3O3. The number of aryl methyl sites for hydroxylation is 1. The van der Waals surface area contributed by atoms with Crippen molar-refractivity contribution in [3.63, 3.8) is 0 Å². The minimum Gasteiger partial charge on any atom is -0.507 e. The molecule has 0 radical (unpaired) electrons. The standard InChI is InChI=1S/C25H29N3O3/c1-18-15-22(29)23(25(30)28(18)17-19-7-6-12-26-16-19)24(27-13-4-3-5-14-27)20-8-10-21(31-2)11-9-20/h6-12,15-16,24,29H,3-5,13-14,17H2,1-2H3. The Morgan fingerprint density at radius 3 is 2.52 bits per heavy atom. The number of likely N-dealkylation sites (tertiary alicyclic amines) is 1. The van der Waals surface area contributed by atoms with Gasteiger partial charge in [-0.25, -0.2) is 0 Å². The van der Waals surface area contributed by atoms with E-state index in [4.69, 9.17) is 4.74 Å². The molecule has 1 aromatic carbocycles. The molecule has 1 N–H and O–H groups in total. The Labute approximate surface area is 182 Å². The highest BCUT2D eigenvalue weighted by molar-refractivity contribution is 5.42. The van der Waals surface area contributed by atoms with Crippen LogP contribution in [0.4, 0.5) is 0 Å². The van der Waals surface area contributed by atoms with Gasteiger partial charge < -0.3 is 14.4 Å². The predicted octanol–water partition coefficient (Wildman–Crippen LogP) is 3.89. The third-order valence-corrected chi connectivity index (χ3v) is 6.05. The molecule has 1 atom stereocenters. The van der Waals surface area contributed by atoms with Crippen molar-refractivity contribution in [2.24, 2.45) is 0 Å². The van der Waals surface area contributed by atoms with Gasteiger partial charge in [-0.3, -0.25) is 14.7 Å². The first-order chi connectivity index (χ1) is 15.1. The molecular weight excluding hydrogens is 390 g/mol. The molecule has 6 nitrogen and oxygen atoms in total. The van der Waals surface area contributed by atoms with Crippen LogP contribution in [0.15, 0.2) is 59.7 Å². The highest BCUT2D eigenvalue weighted by Crippen LogP contribution is 2.35. The van der Waals surface area contributed by atoms with E-state index in [1.807, 2.05) is 43.3 Å². The second-order valence-corrected chi connectivity index (χ2v) is 8.11. The van der Waals surface area contributed by atoms with Gasteiger partial charge in [0, 0.05) is 18.1 Å². The molecule has 2 aromatic heterocycles. The summed E-state index contributed by atoms with van der Waals surface area (Å²) in [6, 6.07) is 13.0. The maximum Gasteiger partial charge on any atom is 0.259 e. The van der Waals surface area contributed by atoms with Crippen LogP contribution in [0.25, 0.3) is 0 Å². The van der Waals surface area contributed by atoms with Crippen molar-refractivity contribution in [1.82, 2.24) is 14.5 Å². The van der Waals surface area contributed by atoms with Crippen LogP contribution in [0, 0.1) is 6.92 Å². The lowest BCUT2D eigenvalue weighted by molar-refractivity contribution is 0.183. The van der Waals surface area contributed by atoms with E-state index in [1.54, 1.807) is 30.1 Å². The second kappa shape index (κ2) is 9.35. The van der Waals surface area contributed by atoms with Gasteiger partial charge in [0.1, 0.15) is 11.5 Å². The average molecular weight is 420 g/mol. The molecule has 1 unspecified atom stereocenters. The quantitative estimate of drug-likeness (QED) is 0.657. The van der Waals surface area contributed by atoms with E-state index in [2.05, 4.69) is 9.88 Å². The fraction of sp³-hybridized carbons (Fsp3) is 0.360. The Kier molecular flexibility index (Phi) is 6.37. The molecule has 3 heterocycles. The minimum atomic E-state index is -0.306. The van der Waals surface area contributed by atoms with Gasteiger partial charge in [-0.1, -0.05) is 24.6 Å². The first-order valence-corrected chi connectivity index (χ1v) is 10.8. The number of pyridine rings is 2. The number of benzene rings is 1. The van der Waals surface area contributed by atoms with Crippen LogP contribution >= 0.6 is 0 Å². The molecule has 6 heteroatoms. The van der Waals surface area contributed by atoms with E-state index in [0.29, 0.717) is 12.1 Å². The van der Waals surface area contributed by atoms with Gasteiger partial charge in [0.2, 0.25) is 0 Å². The van der Waals surface area contributed by atoms with Crippen molar-refractivity contribution in [3.8, 4) is 11.5 Å². The number of hydrogen-bond donors (Lipinski definition) is 1. The van der Waals surface area contributed by atoms with Crippen molar-refractivity contribution >= 4 is 0 Å². The molecule has 0 bridgehead atoms. The van der Waals surface area contributed by atoms with Gasteiger partial charge in [0.25, 0.3) is 5.56 Å². The topological polar surface area (TPSA) is 67.6 Å². The van der Waals surface area contributed by atoms with Crippen LogP contribution in [-0.2, 0) is 6.54 Å². The highest BCUT2D eigenvalue weighted by Gasteiger charge is 2.30. The zero-order chi connectivity index (χ0) is 21.8. The molecule has 162 valence electrons. The summed E-state index contributed by atoms with van der Waals surface area (Å²) in [7, 11) is 1.64. The van der Waals surface area contributed by atoms with E-state index >= 15 is 0 Å². The van der Waals surface area contributed by atoms with Crippen LogP contribution in [0.1, 0.15) is 47.7 Å². The zero-order valence-electron chi connectivity index (χ0n) is 18.1. The molecule has 0 spiro atoms. The maximum atomic E-state index is 13.7. The summed E-state index contributed by atoms with van der Waals surface area (Å²) >= 11 is 0. The van der Waals surface area contributed by atoms with E-state index in [9.17, 15) is 9.90 Å². The summed E-state index contributed by atoms with van der Waals surface area (Å²) in [5, 5.41) is 10.9. The smallest absolute Gasteiger partial charge is 0.259 e. The van der Waals surface area contributed by atoms with Crippen LogP contribution < -0.4 is 10.3 Å². The van der Waals surface area contributed by atoms with E-state index in [-0.39, 0.29) is 17.4 Å². The van der Waals surface area contributed by atoms with Gasteiger partial charge in [0.15, 0.2) is 0 Å². The molecule has 4 rings (SSSR count). The normalized spacial score (nSPS) is 15.5. The molecule has 31 heavy (non-hydrogen) atoms. The maximum absolute atomic E-state index is 13.7. The van der Waals surface area contributed by atoms with Crippen LogP contribution in [-0.4, -0.2) is 39.8 Å². The molecule has 0 amide bonds. The van der Waals surface area contributed by atoms with Crippen molar-refractivity contribution in [1.29, 1.82) is 0 Å². The van der Waals surface area contributed by atoms with Crippen LogP contribution in [0.2, 0.25) is 0 Å². The molecule has 3 aromatic rings. The average Bonchev–Trinajstić information content (AvgIpc) is 2.81. The predicted molar refractivity (Wildman–Crippen MR) is 121 cm³/mol. The fourth-order valence-electron chi connectivity index (χ4n) is 4.42. The molecule has 1 aliphatic rings. The largest absolute Gasteiger partial charge is 0.507 e. The number of aromatic hydroxyl groups is 1. The second-order valence-electron chi connectivity index (χ2n) is 8.11. The number of aromatic nitrogens is 2. The number of nitrogens with zero attached hydrogens (tertiary/aromatic N) is 3. The van der Waals surface area contributed by atoms with Crippen LogP contribution in [0.3, 0.4) is 0 Å².